The third-order valence-electron chi connectivity index (χ3n) is 2.66. The summed E-state index contributed by atoms with van der Waals surface area (Å²) in [6, 6.07) is 2.13. The predicted molar refractivity (Wildman–Crippen MR) is 65.0 cm³/mol. The Morgan fingerprint density at radius 1 is 1.47 bits per heavy atom. The highest BCUT2D eigenvalue weighted by atomic mass is 32.2. The highest BCUT2D eigenvalue weighted by Gasteiger charge is 2.14. The normalized spacial score (nSPS) is 17.5. The molecule has 0 amide bonds. The van der Waals surface area contributed by atoms with Crippen molar-refractivity contribution in [2.24, 2.45) is 0 Å². The third kappa shape index (κ3) is 3.22. The van der Waals surface area contributed by atoms with Crippen LogP contribution in [-0.4, -0.2) is 10.2 Å². The Balaban J connectivity index is 1.79. The fourth-order valence-electron chi connectivity index (χ4n) is 1.85. The Morgan fingerprint density at radius 2 is 2.27 bits per heavy atom. The lowest BCUT2D eigenvalue weighted by atomic mass is 10.0. The number of thiazole rings is 1. The van der Waals surface area contributed by atoms with Crippen LogP contribution in [0, 0.1) is 11.3 Å². The van der Waals surface area contributed by atoms with Crippen molar-refractivity contribution in [3.8, 4) is 6.07 Å². The van der Waals surface area contributed by atoms with E-state index >= 15 is 0 Å². The molecule has 0 atom stereocenters. The first-order chi connectivity index (χ1) is 7.38. The summed E-state index contributed by atoms with van der Waals surface area (Å²) in [5.41, 5.74) is 0. The largest absolute Gasteiger partial charge is 0.247 e. The van der Waals surface area contributed by atoms with E-state index in [-0.39, 0.29) is 0 Å². The van der Waals surface area contributed by atoms with Crippen molar-refractivity contribution < 1.29 is 0 Å². The lowest BCUT2D eigenvalue weighted by Gasteiger charge is -2.20. The highest BCUT2D eigenvalue weighted by molar-refractivity contribution is 7.99. The molecule has 0 aliphatic heterocycles. The first-order valence-electron chi connectivity index (χ1n) is 5.35. The first kappa shape index (κ1) is 11.0. The van der Waals surface area contributed by atoms with E-state index in [0.717, 1.165) is 20.9 Å². The van der Waals surface area contributed by atoms with E-state index in [1.165, 1.54) is 43.4 Å². The lowest BCUT2D eigenvalue weighted by Crippen LogP contribution is -2.07. The maximum atomic E-state index is 8.68. The molecule has 0 spiro atoms. The molecule has 15 heavy (non-hydrogen) atoms. The van der Waals surface area contributed by atoms with Gasteiger partial charge in [0.2, 0.25) is 0 Å². The summed E-state index contributed by atoms with van der Waals surface area (Å²) in [4.78, 5) is 4.98. The van der Waals surface area contributed by atoms with E-state index in [1.807, 2.05) is 11.8 Å². The number of nitriles is 1. The lowest BCUT2D eigenvalue weighted by molar-refractivity contribution is 0.516. The fourth-order valence-corrected chi connectivity index (χ4v) is 3.92. The monoisotopic (exact) mass is 238 g/mol. The molecule has 0 bridgehead atoms. The molecule has 0 radical (unpaired) electrons. The molecule has 1 aliphatic carbocycles. The van der Waals surface area contributed by atoms with Crippen molar-refractivity contribution in [2.75, 3.05) is 0 Å². The molecule has 1 aromatic heterocycles. The van der Waals surface area contributed by atoms with E-state index in [9.17, 15) is 0 Å². The average molecular weight is 238 g/mol. The summed E-state index contributed by atoms with van der Waals surface area (Å²) in [7, 11) is 0. The van der Waals surface area contributed by atoms with Gasteiger partial charge in [0, 0.05) is 11.0 Å². The summed E-state index contributed by atoms with van der Waals surface area (Å²) in [5.74, 6) is 0.983. The SMILES string of the molecule is N#Cc1cnc(CSC2CCCCC2)s1. The van der Waals surface area contributed by atoms with Crippen LogP contribution >= 0.6 is 23.1 Å². The molecule has 80 valence electrons. The van der Waals surface area contributed by atoms with Gasteiger partial charge in [-0.3, -0.25) is 0 Å². The second kappa shape index (κ2) is 5.53. The van der Waals surface area contributed by atoms with Crippen molar-refractivity contribution in [1.82, 2.24) is 4.98 Å². The average Bonchev–Trinajstić information content (AvgIpc) is 2.76. The maximum Gasteiger partial charge on any atom is 0.124 e. The fraction of sp³-hybridized carbons (Fsp3) is 0.636. The smallest absolute Gasteiger partial charge is 0.124 e. The van der Waals surface area contributed by atoms with Gasteiger partial charge in [-0.15, -0.1) is 11.3 Å². The quantitative estimate of drug-likeness (QED) is 0.807. The molecule has 1 saturated carbocycles. The van der Waals surface area contributed by atoms with Crippen LogP contribution < -0.4 is 0 Å². The molecule has 1 heterocycles. The zero-order valence-corrected chi connectivity index (χ0v) is 10.2. The predicted octanol–water partition coefficient (Wildman–Crippen LogP) is 3.58. The zero-order chi connectivity index (χ0) is 10.5. The minimum atomic E-state index is 0.731. The molecular formula is C11H14N2S2. The van der Waals surface area contributed by atoms with E-state index in [0.29, 0.717) is 0 Å². The van der Waals surface area contributed by atoms with Crippen molar-refractivity contribution >= 4 is 23.1 Å². The van der Waals surface area contributed by atoms with Gasteiger partial charge in [0.1, 0.15) is 16.0 Å². The van der Waals surface area contributed by atoms with E-state index in [1.54, 1.807) is 6.20 Å². The van der Waals surface area contributed by atoms with Crippen molar-refractivity contribution in [1.29, 1.82) is 5.26 Å². The van der Waals surface area contributed by atoms with Gasteiger partial charge in [0.25, 0.3) is 0 Å². The van der Waals surface area contributed by atoms with Gasteiger partial charge in [-0.1, -0.05) is 19.3 Å². The van der Waals surface area contributed by atoms with Gasteiger partial charge in [-0.25, -0.2) is 4.98 Å². The summed E-state index contributed by atoms with van der Waals surface area (Å²) in [6.45, 7) is 0. The Bertz CT molecular complexity index is 348. The number of thioether (sulfide) groups is 1. The molecule has 2 rings (SSSR count). The van der Waals surface area contributed by atoms with Crippen LogP contribution in [0.4, 0.5) is 0 Å². The molecule has 1 fully saturated rings. The van der Waals surface area contributed by atoms with Gasteiger partial charge >= 0.3 is 0 Å². The van der Waals surface area contributed by atoms with E-state index < -0.39 is 0 Å². The maximum absolute atomic E-state index is 8.68. The van der Waals surface area contributed by atoms with Gasteiger partial charge in [-0.2, -0.15) is 17.0 Å². The van der Waals surface area contributed by atoms with Gasteiger partial charge in [-0.05, 0) is 12.8 Å². The highest BCUT2D eigenvalue weighted by Crippen LogP contribution is 2.31. The van der Waals surface area contributed by atoms with Crippen LogP contribution in [0.1, 0.15) is 42.0 Å². The number of rotatable bonds is 3. The van der Waals surface area contributed by atoms with Crippen molar-refractivity contribution in [2.45, 2.75) is 43.1 Å². The molecule has 0 saturated heterocycles. The van der Waals surface area contributed by atoms with Crippen molar-refractivity contribution in [3.63, 3.8) is 0 Å². The molecule has 4 heteroatoms. The molecule has 0 N–H and O–H groups in total. The third-order valence-corrected chi connectivity index (χ3v) is 5.13. The Morgan fingerprint density at radius 3 is 2.93 bits per heavy atom. The van der Waals surface area contributed by atoms with Gasteiger partial charge in [0.15, 0.2) is 0 Å². The Kier molecular flexibility index (Phi) is 4.04. The topological polar surface area (TPSA) is 36.7 Å². The molecule has 0 aromatic carbocycles. The zero-order valence-electron chi connectivity index (χ0n) is 8.61. The molecule has 0 unspecified atom stereocenters. The minimum absolute atomic E-state index is 0.731. The summed E-state index contributed by atoms with van der Waals surface area (Å²) < 4.78 is 0. The standard InChI is InChI=1S/C11H14N2S2/c12-6-10-7-13-11(15-10)8-14-9-4-2-1-3-5-9/h7,9H,1-5,8H2. The molecule has 1 aromatic rings. The van der Waals surface area contributed by atoms with E-state index in [2.05, 4.69) is 11.1 Å². The van der Waals surface area contributed by atoms with Crippen LogP contribution in [0.25, 0.3) is 0 Å². The molecular weight excluding hydrogens is 224 g/mol. The second-order valence-corrected chi connectivity index (χ2v) is 6.20. The summed E-state index contributed by atoms with van der Waals surface area (Å²) >= 11 is 3.54. The van der Waals surface area contributed by atoms with E-state index in [4.69, 9.17) is 5.26 Å². The number of nitrogens with zero attached hydrogens (tertiary/aromatic N) is 2. The number of hydrogen-bond donors (Lipinski definition) is 0. The van der Waals surface area contributed by atoms with Crippen LogP contribution in [0.5, 0.6) is 0 Å². The van der Waals surface area contributed by atoms with Crippen LogP contribution in [0.3, 0.4) is 0 Å². The second-order valence-electron chi connectivity index (χ2n) is 3.80. The minimum Gasteiger partial charge on any atom is -0.247 e. The van der Waals surface area contributed by atoms with Crippen LogP contribution in [0.15, 0.2) is 6.20 Å². The van der Waals surface area contributed by atoms with Gasteiger partial charge in [0.05, 0.1) is 6.20 Å². The molecule has 1 aliphatic rings. The first-order valence-corrected chi connectivity index (χ1v) is 7.21. The van der Waals surface area contributed by atoms with Crippen LogP contribution in [0.2, 0.25) is 0 Å². The van der Waals surface area contributed by atoms with Crippen LogP contribution in [-0.2, 0) is 5.75 Å². The summed E-state index contributed by atoms with van der Waals surface area (Å²) in [6.07, 6.45) is 8.59. The number of aromatic nitrogens is 1. The Hall–Kier alpha value is -0.530. The summed E-state index contributed by atoms with van der Waals surface area (Å²) in [5, 5.41) is 10.6. The van der Waals surface area contributed by atoms with Gasteiger partial charge < -0.3 is 0 Å². The Labute approximate surface area is 98.7 Å². The number of hydrogen-bond acceptors (Lipinski definition) is 4. The van der Waals surface area contributed by atoms with Crippen molar-refractivity contribution in [3.05, 3.63) is 16.1 Å². The molecule has 2 nitrogen and oxygen atoms in total.